The number of carboxylic acid groups (broad SMARTS) is 1. The van der Waals surface area contributed by atoms with E-state index in [1.807, 2.05) is 0 Å². The van der Waals surface area contributed by atoms with Crippen molar-refractivity contribution in [3.63, 3.8) is 0 Å². The Labute approximate surface area is 358 Å². The zero-order chi connectivity index (χ0) is 43.3. The fourth-order valence-electron chi connectivity index (χ4n) is 5.66. The second kappa shape index (κ2) is 43.2. The molecule has 3 atom stereocenters. The molecule has 0 spiro atoms. The number of nitrogens with two attached hydrogens (primary N) is 1. The first-order valence-corrected chi connectivity index (χ1v) is 24.1. The highest BCUT2D eigenvalue weighted by atomic mass is 31.2. The van der Waals surface area contributed by atoms with Crippen LogP contribution >= 0.6 is 7.82 Å². The first-order chi connectivity index (χ1) is 28.7. The number of carbonyl (C=O) groups is 2. The van der Waals surface area contributed by atoms with Crippen molar-refractivity contribution < 1.29 is 42.7 Å². The van der Waals surface area contributed by atoms with Gasteiger partial charge in [-0.2, -0.15) is 0 Å². The molecule has 0 aliphatic rings. The molecule has 0 aliphatic carbocycles. The van der Waals surface area contributed by atoms with Crippen molar-refractivity contribution in [3.05, 3.63) is 85.1 Å². The third-order valence-electron chi connectivity index (χ3n) is 9.16. The van der Waals surface area contributed by atoms with Gasteiger partial charge in [-0.25, -0.2) is 4.57 Å². The van der Waals surface area contributed by atoms with Crippen LogP contribution < -0.4 is 5.73 Å². The molecule has 0 rings (SSSR count). The standard InChI is InChI=1S/C48H82NO9P/c1-3-5-7-9-11-13-15-17-19-21-22-23-25-27-29-31-33-35-37-39-41-55-42-45(43-56-59(53,54)57-44-46(49)48(51)52)58-47(50)40-38-36-34-32-30-28-26-24-20-18-16-14-12-10-8-6-4-2/h6,8,11-14,17-20,22-23,26,28,45-46H,3-5,7,9-10,15-16,21,24-25,27,29-44,49H2,1-2H3,(H,51,52)(H,53,54)/b8-6-,13-11-,14-12-,19-17-,20-18-,23-22-,28-26-. The van der Waals surface area contributed by atoms with Gasteiger partial charge >= 0.3 is 19.8 Å². The molecule has 0 saturated heterocycles. The molecule has 0 aliphatic heterocycles. The van der Waals surface area contributed by atoms with Crippen molar-refractivity contribution in [1.29, 1.82) is 0 Å². The molecule has 3 unspecified atom stereocenters. The van der Waals surface area contributed by atoms with E-state index in [0.29, 0.717) is 13.0 Å². The molecule has 0 aromatic heterocycles. The fourth-order valence-corrected chi connectivity index (χ4v) is 6.44. The van der Waals surface area contributed by atoms with Crippen LogP contribution in [0.5, 0.6) is 0 Å². The normalized spacial score (nSPS) is 14.6. The third-order valence-corrected chi connectivity index (χ3v) is 10.1. The summed E-state index contributed by atoms with van der Waals surface area (Å²) >= 11 is 0. The molecule has 10 nitrogen and oxygen atoms in total. The number of phosphoric acid groups is 1. The summed E-state index contributed by atoms with van der Waals surface area (Å²) in [5.41, 5.74) is 5.36. The van der Waals surface area contributed by atoms with Crippen molar-refractivity contribution in [1.82, 2.24) is 0 Å². The number of carboxylic acids is 1. The highest BCUT2D eigenvalue weighted by Crippen LogP contribution is 2.43. The lowest BCUT2D eigenvalue weighted by atomic mass is 10.1. The number of unbranched alkanes of at least 4 members (excludes halogenated alkanes) is 14. The Bertz CT molecular complexity index is 1260. The van der Waals surface area contributed by atoms with Crippen LogP contribution in [0.2, 0.25) is 0 Å². The van der Waals surface area contributed by atoms with Crippen LogP contribution in [0.15, 0.2) is 85.1 Å². The molecule has 338 valence electrons. The van der Waals surface area contributed by atoms with Crippen molar-refractivity contribution in [2.75, 3.05) is 26.4 Å². The molecule has 0 fully saturated rings. The van der Waals surface area contributed by atoms with Gasteiger partial charge in [0.15, 0.2) is 0 Å². The van der Waals surface area contributed by atoms with Crippen LogP contribution in [0.1, 0.15) is 168 Å². The van der Waals surface area contributed by atoms with E-state index >= 15 is 0 Å². The highest BCUT2D eigenvalue weighted by Gasteiger charge is 2.27. The quantitative estimate of drug-likeness (QED) is 0.0234. The van der Waals surface area contributed by atoms with Gasteiger partial charge in [0.2, 0.25) is 0 Å². The lowest BCUT2D eigenvalue weighted by Gasteiger charge is -2.20. The Morgan fingerprint density at radius 3 is 1.47 bits per heavy atom. The summed E-state index contributed by atoms with van der Waals surface area (Å²) in [7, 11) is -4.63. The Morgan fingerprint density at radius 2 is 0.983 bits per heavy atom. The Morgan fingerprint density at radius 1 is 0.559 bits per heavy atom. The molecule has 0 aromatic rings. The second-order valence-corrected chi connectivity index (χ2v) is 16.2. The van der Waals surface area contributed by atoms with Gasteiger partial charge in [-0.15, -0.1) is 0 Å². The maximum absolute atomic E-state index is 12.6. The van der Waals surface area contributed by atoms with E-state index in [0.717, 1.165) is 89.9 Å². The van der Waals surface area contributed by atoms with Gasteiger partial charge < -0.3 is 25.2 Å². The molecular formula is C48H82NO9P. The van der Waals surface area contributed by atoms with E-state index in [9.17, 15) is 19.0 Å². The number of carbonyl (C=O) groups excluding carboxylic acids is 1. The number of esters is 1. The van der Waals surface area contributed by atoms with Gasteiger partial charge in [0, 0.05) is 13.0 Å². The Balaban J connectivity index is 4.30. The lowest BCUT2D eigenvalue weighted by Crippen LogP contribution is -2.34. The van der Waals surface area contributed by atoms with Crippen LogP contribution in [0.4, 0.5) is 0 Å². The van der Waals surface area contributed by atoms with Gasteiger partial charge in [0.1, 0.15) is 12.1 Å². The van der Waals surface area contributed by atoms with E-state index < -0.39 is 45.1 Å². The topological polar surface area (TPSA) is 155 Å². The van der Waals surface area contributed by atoms with E-state index in [2.05, 4.69) is 98.9 Å². The fraction of sp³-hybridized carbons (Fsp3) is 0.667. The molecule has 4 N–H and O–H groups in total. The summed E-state index contributed by atoms with van der Waals surface area (Å²) in [5, 5.41) is 8.91. The lowest BCUT2D eigenvalue weighted by molar-refractivity contribution is -0.154. The second-order valence-electron chi connectivity index (χ2n) is 14.8. The number of rotatable bonds is 42. The molecule has 0 saturated carbocycles. The molecule has 0 radical (unpaired) electrons. The Kier molecular flexibility index (Phi) is 41.2. The molecular weight excluding hydrogens is 766 g/mol. The van der Waals surface area contributed by atoms with Crippen molar-refractivity contribution in [3.8, 4) is 0 Å². The minimum absolute atomic E-state index is 0.00523. The average molecular weight is 848 g/mol. The number of phosphoric ester groups is 1. The van der Waals surface area contributed by atoms with Crippen molar-refractivity contribution >= 4 is 19.8 Å². The zero-order valence-corrected chi connectivity index (χ0v) is 37.7. The smallest absolute Gasteiger partial charge is 0.472 e. The monoisotopic (exact) mass is 848 g/mol. The van der Waals surface area contributed by atoms with Crippen molar-refractivity contribution in [2.45, 2.75) is 180 Å². The van der Waals surface area contributed by atoms with E-state index in [-0.39, 0.29) is 13.0 Å². The first kappa shape index (κ1) is 56.1. The molecule has 0 amide bonds. The van der Waals surface area contributed by atoms with Crippen molar-refractivity contribution in [2.24, 2.45) is 5.73 Å². The summed E-state index contributed by atoms with van der Waals surface area (Å²) in [6.45, 7) is 3.67. The van der Waals surface area contributed by atoms with Gasteiger partial charge in [-0.1, -0.05) is 157 Å². The number of aliphatic carboxylic acids is 1. The first-order valence-electron chi connectivity index (χ1n) is 22.6. The molecule has 0 aromatic carbocycles. The number of hydrogen-bond donors (Lipinski definition) is 3. The largest absolute Gasteiger partial charge is 0.480 e. The maximum Gasteiger partial charge on any atom is 0.472 e. The van der Waals surface area contributed by atoms with E-state index in [4.69, 9.17) is 29.4 Å². The van der Waals surface area contributed by atoms with Crippen LogP contribution in [0.25, 0.3) is 0 Å². The SMILES string of the molecule is CC/C=C\C/C=C\C/C=C\C/C=C\CCCCCCC(=O)OC(COCCCCCCCCC/C=C\C/C=C\C/C=C\CCCCC)COP(=O)(O)OCC(N)C(=O)O. The number of hydrogen-bond acceptors (Lipinski definition) is 8. The minimum atomic E-state index is -4.63. The number of allylic oxidation sites excluding steroid dienone is 14. The van der Waals surface area contributed by atoms with Crippen LogP contribution in [0.3, 0.4) is 0 Å². The van der Waals surface area contributed by atoms with Gasteiger partial charge in [0.25, 0.3) is 0 Å². The molecule has 0 bridgehead atoms. The summed E-state index contributed by atoms with van der Waals surface area (Å²) in [6, 6.07) is -1.48. The summed E-state index contributed by atoms with van der Waals surface area (Å²) in [4.78, 5) is 33.6. The summed E-state index contributed by atoms with van der Waals surface area (Å²) in [5.74, 6) is -1.81. The summed E-state index contributed by atoms with van der Waals surface area (Å²) in [6.07, 6.45) is 54.9. The Hall–Kier alpha value is -2.85. The molecule has 11 heteroatoms. The average Bonchev–Trinajstić information content (AvgIpc) is 3.21. The van der Waals surface area contributed by atoms with E-state index in [1.54, 1.807) is 0 Å². The molecule has 0 heterocycles. The maximum atomic E-state index is 12.6. The van der Waals surface area contributed by atoms with Crippen LogP contribution in [-0.2, 0) is 32.7 Å². The third kappa shape index (κ3) is 43.1. The van der Waals surface area contributed by atoms with Crippen LogP contribution in [-0.4, -0.2) is 60.5 Å². The van der Waals surface area contributed by atoms with Gasteiger partial charge in [0.05, 0.1) is 19.8 Å². The van der Waals surface area contributed by atoms with Gasteiger partial charge in [-0.05, 0) is 89.9 Å². The highest BCUT2D eigenvalue weighted by molar-refractivity contribution is 7.47. The zero-order valence-electron chi connectivity index (χ0n) is 36.8. The molecule has 59 heavy (non-hydrogen) atoms. The minimum Gasteiger partial charge on any atom is -0.480 e. The van der Waals surface area contributed by atoms with Gasteiger partial charge in [-0.3, -0.25) is 18.6 Å². The van der Waals surface area contributed by atoms with Crippen LogP contribution in [0, 0.1) is 0 Å². The summed E-state index contributed by atoms with van der Waals surface area (Å²) < 4.78 is 33.4. The predicted octanol–water partition coefficient (Wildman–Crippen LogP) is 12.8. The van der Waals surface area contributed by atoms with E-state index in [1.165, 1.54) is 51.4 Å². The number of ether oxygens (including phenoxy) is 2. The predicted molar refractivity (Wildman–Crippen MR) is 244 cm³/mol.